The van der Waals surface area contributed by atoms with E-state index in [9.17, 15) is 4.79 Å². The minimum atomic E-state index is -0.229. The molecule has 0 fully saturated rings. The fraction of sp³-hybridized carbons (Fsp3) is 0.286. The highest BCUT2D eigenvalue weighted by Gasteiger charge is 2.04. The largest absolute Gasteiger partial charge is 0.350 e. The number of amides is 1. The van der Waals surface area contributed by atoms with Crippen molar-refractivity contribution >= 4 is 5.91 Å². The van der Waals surface area contributed by atoms with Crippen LogP contribution in [0.1, 0.15) is 17.5 Å². The first-order chi connectivity index (χ1) is 5.34. The van der Waals surface area contributed by atoms with Gasteiger partial charge in [-0.2, -0.15) is 0 Å². The fourth-order valence-electron chi connectivity index (χ4n) is 0.656. The van der Waals surface area contributed by atoms with Crippen LogP contribution in [0.5, 0.6) is 0 Å². The Morgan fingerprint density at radius 3 is 2.73 bits per heavy atom. The first-order valence-electron chi connectivity index (χ1n) is 3.40. The molecule has 0 bridgehead atoms. The van der Waals surface area contributed by atoms with Gasteiger partial charge in [0.05, 0.1) is 0 Å². The Morgan fingerprint density at radius 1 is 1.55 bits per heavy atom. The average Bonchev–Trinajstić information content (AvgIpc) is 2.07. The molecule has 0 aromatic carbocycles. The Bertz CT molecular complexity index is 235. The highest BCUT2D eigenvalue weighted by Crippen LogP contribution is 1.85. The van der Waals surface area contributed by atoms with Crippen molar-refractivity contribution in [1.29, 1.82) is 0 Å². The summed E-state index contributed by atoms with van der Waals surface area (Å²) < 4.78 is 0. The Balaban J connectivity index is 2.69. The van der Waals surface area contributed by atoms with Gasteiger partial charge in [-0.15, -0.1) is 0 Å². The summed E-state index contributed by atoms with van der Waals surface area (Å²) in [4.78, 5) is 18.6. The third kappa shape index (κ3) is 2.00. The average molecular weight is 151 g/mol. The van der Waals surface area contributed by atoms with Gasteiger partial charge in [0, 0.05) is 18.9 Å². The van der Waals surface area contributed by atoms with Gasteiger partial charge in [0.15, 0.2) is 0 Å². The van der Waals surface area contributed by atoms with Crippen LogP contribution < -0.4 is 5.32 Å². The molecular formula is C7H9N3O. The van der Waals surface area contributed by atoms with Crippen molar-refractivity contribution in [2.45, 2.75) is 6.92 Å². The van der Waals surface area contributed by atoms with Crippen molar-refractivity contribution in [1.82, 2.24) is 15.3 Å². The van der Waals surface area contributed by atoms with Gasteiger partial charge in [0.25, 0.3) is 5.91 Å². The zero-order chi connectivity index (χ0) is 8.10. The zero-order valence-corrected chi connectivity index (χ0v) is 6.24. The van der Waals surface area contributed by atoms with Gasteiger partial charge in [0.2, 0.25) is 5.82 Å². The van der Waals surface area contributed by atoms with E-state index in [0.29, 0.717) is 6.54 Å². The lowest BCUT2D eigenvalue weighted by Crippen LogP contribution is -2.24. The molecule has 58 valence electrons. The standard InChI is InChI=1S/C7H9N3O/c1-2-8-7(11)6-9-4-3-5-10-6/h3-5H,2H2,1H3,(H,8,11). The lowest BCUT2D eigenvalue weighted by atomic mass is 10.5. The summed E-state index contributed by atoms with van der Waals surface area (Å²) in [7, 11) is 0. The summed E-state index contributed by atoms with van der Waals surface area (Å²) in [5.74, 6) is -0.0116. The van der Waals surface area contributed by atoms with E-state index in [4.69, 9.17) is 0 Å². The molecule has 4 heteroatoms. The number of carbonyl (C=O) groups is 1. The van der Waals surface area contributed by atoms with E-state index in [1.165, 1.54) is 12.4 Å². The summed E-state index contributed by atoms with van der Waals surface area (Å²) in [5, 5.41) is 2.60. The van der Waals surface area contributed by atoms with E-state index in [-0.39, 0.29) is 11.7 Å². The molecule has 0 unspecified atom stereocenters. The second-order valence-electron chi connectivity index (χ2n) is 1.93. The number of nitrogens with one attached hydrogen (secondary N) is 1. The minimum absolute atomic E-state index is 0.217. The van der Waals surface area contributed by atoms with Gasteiger partial charge in [-0.25, -0.2) is 9.97 Å². The van der Waals surface area contributed by atoms with Crippen LogP contribution in [-0.4, -0.2) is 22.4 Å². The van der Waals surface area contributed by atoms with Crippen LogP contribution in [0.15, 0.2) is 18.5 Å². The lowest BCUT2D eigenvalue weighted by molar-refractivity contribution is 0.0945. The van der Waals surface area contributed by atoms with Crippen molar-refractivity contribution in [2.75, 3.05) is 6.54 Å². The molecule has 0 atom stereocenters. The molecular weight excluding hydrogens is 142 g/mol. The van der Waals surface area contributed by atoms with Crippen molar-refractivity contribution in [3.05, 3.63) is 24.3 Å². The lowest BCUT2D eigenvalue weighted by Gasteiger charge is -1.97. The van der Waals surface area contributed by atoms with Gasteiger partial charge in [-0.3, -0.25) is 4.79 Å². The third-order valence-electron chi connectivity index (χ3n) is 1.11. The summed E-state index contributed by atoms with van der Waals surface area (Å²) in [6.07, 6.45) is 3.08. The molecule has 1 aromatic heterocycles. The molecule has 0 saturated carbocycles. The minimum Gasteiger partial charge on any atom is -0.350 e. The van der Waals surface area contributed by atoms with Crippen LogP contribution in [-0.2, 0) is 0 Å². The summed E-state index contributed by atoms with van der Waals surface area (Å²) in [5.41, 5.74) is 0. The molecule has 1 amide bonds. The van der Waals surface area contributed by atoms with Gasteiger partial charge in [-0.05, 0) is 13.0 Å². The van der Waals surface area contributed by atoms with Crippen LogP contribution >= 0.6 is 0 Å². The molecule has 1 N–H and O–H groups in total. The smallest absolute Gasteiger partial charge is 0.289 e. The molecule has 4 nitrogen and oxygen atoms in total. The molecule has 0 radical (unpaired) electrons. The molecule has 11 heavy (non-hydrogen) atoms. The SMILES string of the molecule is CCNC(=O)c1ncccn1. The van der Waals surface area contributed by atoms with E-state index >= 15 is 0 Å². The van der Waals surface area contributed by atoms with Crippen LogP contribution in [0, 0.1) is 0 Å². The molecule has 1 heterocycles. The van der Waals surface area contributed by atoms with Crippen molar-refractivity contribution in [2.24, 2.45) is 0 Å². The first kappa shape index (κ1) is 7.65. The fourth-order valence-corrected chi connectivity index (χ4v) is 0.656. The highest BCUT2D eigenvalue weighted by molar-refractivity contribution is 5.90. The number of hydrogen-bond donors (Lipinski definition) is 1. The summed E-state index contributed by atoms with van der Waals surface area (Å²) >= 11 is 0. The van der Waals surface area contributed by atoms with Crippen LogP contribution in [0.4, 0.5) is 0 Å². The molecule has 0 aliphatic carbocycles. The van der Waals surface area contributed by atoms with Crippen molar-refractivity contribution in [3.63, 3.8) is 0 Å². The molecule has 1 aromatic rings. The monoisotopic (exact) mass is 151 g/mol. The van der Waals surface area contributed by atoms with Gasteiger partial charge in [-0.1, -0.05) is 0 Å². The zero-order valence-electron chi connectivity index (χ0n) is 6.24. The van der Waals surface area contributed by atoms with Crippen molar-refractivity contribution in [3.8, 4) is 0 Å². The van der Waals surface area contributed by atoms with Crippen LogP contribution in [0.3, 0.4) is 0 Å². The number of nitrogens with zero attached hydrogens (tertiary/aromatic N) is 2. The summed E-state index contributed by atoms with van der Waals surface area (Å²) in [6.45, 7) is 2.44. The van der Waals surface area contributed by atoms with Gasteiger partial charge in [0.1, 0.15) is 0 Å². The molecule has 1 rings (SSSR count). The third-order valence-corrected chi connectivity index (χ3v) is 1.11. The topological polar surface area (TPSA) is 54.9 Å². The number of hydrogen-bond acceptors (Lipinski definition) is 3. The number of rotatable bonds is 2. The number of aromatic nitrogens is 2. The normalized spacial score (nSPS) is 9.18. The predicted molar refractivity (Wildman–Crippen MR) is 40.0 cm³/mol. The van der Waals surface area contributed by atoms with Crippen molar-refractivity contribution < 1.29 is 4.79 Å². The second-order valence-corrected chi connectivity index (χ2v) is 1.93. The Hall–Kier alpha value is -1.45. The highest BCUT2D eigenvalue weighted by atomic mass is 16.2. The Labute approximate surface area is 64.7 Å². The van der Waals surface area contributed by atoms with Crippen LogP contribution in [0.2, 0.25) is 0 Å². The maximum absolute atomic E-state index is 11.0. The Morgan fingerprint density at radius 2 is 2.18 bits per heavy atom. The molecule has 0 aliphatic heterocycles. The van der Waals surface area contributed by atoms with E-state index < -0.39 is 0 Å². The van der Waals surface area contributed by atoms with E-state index in [1.54, 1.807) is 6.07 Å². The van der Waals surface area contributed by atoms with Gasteiger partial charge >= 0.3 is 0 Å². The molecule has 0 aliphatic rings. The maximum Gasteiger partial charge on any atom is 0.289 e. The van der Waals surface area contributed by atoms with E-state index in [1.807, 2.05) is 6.92 Å². The summed E-state index contributed by atoms with van der Waals surface area (Å²) in [6, 6.07) is 1.67. The maximum atomic E-state index is 11.0. The predicted octanol–water partition coefficient (Wildman–Crippen LogP) is 0.226. The van der Waals surface area contributed by atoms with Gasteiger partial charge < -0.3 is 5.32 Å². The van der Waals surface area contributed by atoms with E-state index in [2.05, 4.69) is 15.3 Å². The second kappa shape index (κ2) is 3.65. The number of carbonyl (C=O) groups excluding carboxylic acids is 1. The quantitative estimate of drug-likeness (QED) is 0.658. The Kier molecular flexibility index (Phi) is 2.54. The van der Waals surface area contributed by atoms with Crippen LogP contribution in [0.25, 0.3) is 0 Å². The van der Waals surface area contributed by atoms with E-state index in [0.717, 1.165) is 0 Å². The molecule has 0 saturated heterocycles. The molecule has 0 spiro atoms. The first-order valence-corrected chi connectivity index (χ1v) is 3.40.